The number of hydrogen-bond acceptors (Lipinski definition) is 6. The minimum Gasteiger partial charge on any atom is -0.503 e. The van der Waals surface area contributed by atoms with Gasteiger partial charge in [-0.25, -0.2) is 0 Å². The average Bonchev–Trinajstić information content (AvgIpc) is 3.42. The molecule has 0 bridgehead atoms. The van der Waals surface area contributed by atoms with Gasteiger partial charge in [0.2, 0.25) is 5.78 Å². The van der Waals surface area contributed by atoms with Crippen LogP contribution in [0.2, 0.25) is 0 Å². The van der Waals surface area contributed by atoms with Gasteiger partial charge in [0.1, 0.15) is 24.4 Å². The summed E-state index contributed by atoms with van der Waals surface area (Å²) in [5, 5.41) is 11.7. The van der Waals surface area contributed by atoms with Gasteiger partial charge >= 0.3 is 0 Å². The first-order valence-corrected chi connectivity index (χ1v) is 11.4. The van der Waals surface area contributed by atoms with Crippen LogP contribution in [0.15, 0.2) is 70.3 Å². The molecule has 2 aliphatic rings. The molecule has 1 fully saturated rings. The second-order valence-electron chi connectivity index (χ2n) is 8.53. The number of para-hydroxylation sites is 1. The van der Waals surface area contributed by atoms with E-state index in [4.69, 9.17) is 13.9 Å². The smallest absolute Gasteiger partial charge is 0.290 e. The van der Waals surface area contributed by atoms with Gasteiger partial charge in [-0.3, -0.25) is 9.59 Å². The van der Waals surface area contributed by atoms with Crippen molar-refractivity contribution in [1.82, 2.24) is 4.90 Å². The van der Waals surface area contributed by atoms with E-state index in [2.05, 4.69) is 0 Å². The number of rotatable bonds is 7. The number of methoxy groups -OCH3 is 1. The third-order valence-electron chi connectivity index (χ3n) is 6.51. The zero-order valence-electron chi connectivity index (χ0n) is 19.0. The quantitative estimate of drug-likeness (QED) is 0.520. The monoisotopic (exact) mass is 463 g/mol. The van der Waals surface area contributed by atoms with Crippen LogP contribution in [0, 0.1) is 0 Å². The fraction of sp³-hybridized carbons (Fsp3) is 0.308. The van der Waals surface area contributed by atoms with Crippen molar-refractivity contribution in [2.45, 2.75) is 6.04 Å². The highest BCUT2D eigenvalue weighted by Gasteiger charge is 2.45. The maximum atomic E-state index is 13.6. The van der Waals surface area contributed by atoms with Gasteiger partial charge in [-0.15, -0.1) is 0 Å². The SMILES string of the molecule is COc1cccc([C@@H]2C(C(=O)c3cc4ccccc4o3)=C(O)C(=O)N2CC[NH+]2CCOCC2)c1. The molecule has 8 heteroatoms. The number of aliphatic hydroxyl groups is 1. The molecule has 0 spiro atoms. The molecule has 1 atom stereocenters. The van der Waals surface area contributed by atoms with Crippen molar-refractivity contribution in [2.75, 3.05) is 46.5 Å². The number of carbonyl (C=O) groups is 2. The molecule has 0 aliphatic carbocycles. The molecule has 1 saturated heterocycles. The normalized spacial score (nSPS) is 19.3. The van der Waals surface area contributed by atoms with E-state index in [1.165, 1.54) is 4.90 Å². The molecule has 0 unspecified atom stereocenters. The van der Waals surface area contributed by atoms with E-state index in [1.54, 1.807) is 36.3 Å². The molecule has 0 radical (unpaired) electrons. The largest absolute Gasteiger partial charge is 0.503 e. The minimum atomic E-state index is -0.747. The number of benzene rings is 2. The van der Waals surface area contributed by atoms with Gasteiger partial charge in [0, 0.05) is 5.39 Å². The number of nitrogens with zero attached hydrogens (tertiary/aromatic N) is 1. The van der Waals surface area contributed by atoms with Crippen LogP contribution in [-0.4, -0.2) is 68.2 Å². The number of fused-ring (bicyclic) bond motifs is 1. The highest BCUT2D eigenvalue weighted by atomic mass is 16.5. The fourth-order valence-electron chi connectivity index (χ4n) is 4.69. The summed E-state index contributed by atoms with van der Waals surface area (Å²) in [5.41, 5.74) is 1.28. The number of quaternary nitrogens is 1. The number of morpholine rings is 1. The van der Waals surface area contributed by atoms with Crippen LogP contribution in [0.25, 0.3) is 11.0 Å². The second-order valence-corrected chi connectivity index (χ2v) is 8.53. The predicted octanol–water partition coefficient (Wildman–Crippen LogP) is 1.93. The third-order valence-corrected chi connectivity index (χ3v) is 6.51. The molecule has 0 saturated carbocycles. The van der Waals surface area contributed by atoms with Crippen LogP contribution in [-0.2, 0) is 9.53 Å². The van der Waals surface area contributed by atoms with Gasteiger partial charge in [-0.2, -0.15) is 0 Å². The molecule has 2 aliphatic heterocycles. The predicted molar refractivity (Wildman–Crippen MR) is 124 cm³/mol. The number of ether oxygens (including phenoxy) is 2. The summed E-state index contributed by atoms with van der Waals surface area (Å²) in [4.78, 5) is 29.7. The standard InChI is InChI=1S/C26H26N2O6/c1-32-19-7-4-6-18(15-19)23-22(24(29)21-16-17-5-2-3-8-20(17)34-21)25(30)26(31)28(23)10-9-27-11-13-33-14-12-27/h2-8,15-16,23,30H,9-14H2,1H3/p+1/t23-/m1/s1. The summed E-state index contributed by atoms with van der Waals surface area (Å²) in [6.07, 6.45) is 0. The average molecular weight is 464 g/mol. The van der Waals surface area contributed by atoms with Crippen molar-refractivity contribution < 1.29 is 33.5 Å². The van der Waals surface area contributed by atoms with Crippen LogP contribution in [0.3, 0.4) is 0 Å². The number of amides is 1. The van der Waals surface area contributed by atoms with Crippen LogP contribution in [0.5, 0.6) is 5.75 Å². The first-order chi connectivity index (χ1) is 16.6. The van der Waals surface area contributed by atoms with E-state index in [-0.39, 0.29) is 11.3 Å². The van der Waals surface area contributed by atoms with Crippen molar-refractivity contribution in [1.29, 1.82) is 0 Å². The van der Waals surface area contributed by atoms with Crippen LogP contribution in [0.4, 0.5) is 0 Å². The van der Waals surface area contributed by atoms with Gasteiger partial charge in [-0.05, 0) is 29.8 Å². The molecule has 5 rings (SSSR count). The molecule has 2 aromatic carbocycles. The lowest BCUT2D eigenvalue weighted by Gasteiger charge is -2.30. The van der Waals surface area contributed by atoms with Gasteiger partial charge < -0.3 is 28.8 Å². The van der Waals surface area contributed by atoms with E-state index in [1.807, 2.05) is 30.3 Å². The Morgan fingerprint density at radius 2 is 1.94 bits per heavy atom. The topological polar surface area (TPSA) is 93.7 Å². The lowest BCUT2D eigenvalue weighted by atomic mass is 9.95. The number of aliphatic hydroxyl groups excluding tert-OH is 1. The molecule has 1 amide bonds. The molecule has 8 nitrogen and oxygen atoms in total. The first-order valence-electron chi connectivity index (χ1n) is 11.4. The number of furan rings is 1. The summed E-state index contributed by atoms with van der Waals surface area (Å²) >= 11 is 0. The van der Waals surface area contributed by atoms with Crippen LogP contribution in [0.1, 0.15) is 22.2 Å². The Kier molecular flexibility index (Phi) is 6.08. The highest BCUT2D eigenvalue weighted by Crippen LogP contribution is 2.40. The molecule has 2 N–H and O–H groups in total. The Morgan fingerprint density at radius 3 is 2.71 bits per heavy atom. The molecular formula is C26H27N2O6+. The van der Waals surface area contributed by atoms with E-state index in [9.17, 15) is 14.7 Å². The Bertz CT molecular complexity index is 1220. The molecular weight excluding hydrogens is 436 g/mol. The lowest BCUT2D eigenvalue weighted by Crippen LogP contribution is -3.14. The van der Waals surface area contributed by atoms with Crippen LogP contribution < -0.4 is 9.64 Å². The van der Waals surface area contributed by atoms with Gasteiger partial charge in [0.05, 0.1) is 45.0 Å². The van der Waals surface area contributed by atoms with E-state index >= 15 is 0 Å². The van der Waals surface area contributed by atoms with Crippen molar-refractivity contribution in [3.63, 3.8) is 0 Å². The second kappa shape index (κ2) is 9.32. The van der Waals surface area contributed by atoms with Gasteiger partial charge in [0.15, 0.2) is 11.5 Å². The van der Waals surface area contributed by atoms with Crippen molar-refractivity contribution in [3.05, 3.63) is 77.3 Å². The molecule has 34 heavy (non-hydrogen) atoms. The Balaban J connectivity index is 1.52. The molecule has 176 valence electrons. The summed E-state index contributed by atoms with van der Waals surface area (Å²) in [6.45, 7) is 4.15. The van der Waals surface area contributed by atoms with Crippen molar-refractivity contribution in [3.8, 4) is 5.75 Å². The van der Waals surface area contributed by atoms with E-state index in [0.29, 0.717) is 43.2 Å². The van der Waals surface area contributed by atoms with E-state index < -0.39 is 23.5 Å². The van der Waals surface area contributed by atoms with Gasteiger partial charge in [-0.1, -0.05) is 30.3 Å². The highest BCUT2D eigenvalue weighted by molar-refractivity contribution is 6.16. The number of Topliss-reactive ketones (excluding diaryl/α,β-unsaturated/α-hetero) is 1. The van der Waals surface area contributed by atoms with Crippen molar-refractivity contribution in [2.24, 2.45) is 0 Å². The maximum Gasteiger partial charge on any atom is 0.290 e. The first kappa shape index (κ1) is 22.2. The Morgan fingerprint density at radius 1 is 1.15 bits per heavy atom. The van der Waals surface area contributed by atoms with Crippen LogP contribution >= 0.6 is 0 Å². The number of ketones is 1. The summed E-state index contributed by atoms with van der Waals surface area (Å²) < 4.78 is 16.6. The maximum absolute atomic E-state index is 13.6. The number of hydrogen-bond donors (Lipinski definition) is 2. The van der Waals surface area contributed by atoms with E-state index in [0.717, 1.165) is 18.5 Å². The number of carbonyl (C=O) groups excluding carboxylic acids is 2. The third kappa shape index (κ3) is 4.06. The summed E-state index contributed by atoms with van der Waals surface area (Å²) in [5.74, 6) is -0.902. The lowest BCUT2D eigenvalue weighted by molar-refractivity contribution is -0.907. The Hall–Kier alpha value is -3.62. The molecule has 3 heterocycles. The molecule has 3 aromatic rings. The van der Waals surface area contributed by atoms with Crippen molar-refractivity contribution >= 4 is 22.7 Å². The molecule has 1 aromatic heterocycles. The Labute approximate surface area is 197 Å². The summed E-state index contributed by atoms with van der Waals surface area (Å²) in [7, 11) is 1.56. The fourth-order valence-corrected chi connectivity index (χ4v) is 4.69. The minimum absolute atomic E-state index is 0.0225. The zero-order chi connectivity index (χ0) is 23.7. The summed E-state index contributed by atoms with van der Waals surface area (Å²) in [6, 6.07) is 15.4. The van der Waals surface area contributed by atoms with Gasteiger partial charge in [0.25, 0.3) is 5.91 Å². The zero-order valence-corrected chi connectivity index (χ0v) is 19.0. The number of nitrogens with one attached hydrogen (secondary N) is 1.